The van der Waals surface area contributed by atoms with E-state index >= 15 is 0 Å². The van der Waals surface area contributed by atoms with Crippen LogP contribution < -0.4 is 11.3 Å². The highest BCUT2D eigenvalue weighted by Crippen LogP contribution is 2.11. The molecule has 7 nitrogen and oxygen atoms in total. The Balaban J connectivity index is 2.93. The van der Waals surface area contributed by atoms with Gasteiger partial charge in [-0.1, -0.05) is 6.92 Å². The summed E-state index contributed by atoms with van der Waals surface area (Å²) in [4.78, 5) is 11.7. The van der Waals surface area contributed by atoms with Crippen molar-refractivity contribution in [2.45, 2.75) is 13.3 Å². The van der Waals surface area contributed by atoms with Crippen molar-refractivity contribution in [3.8, 4) is 6.07 Å². The summed E-state index contributed by atoms with van der Waals surface area (Å²) in [7, 11) is 0. The lowest BCUT2D eigenvalue weighted by Crippen LogP contribution is -2.21. The molecule has 15 heavy (non-hydrogen) atoms. The van der Waals surface area contributed by atoms with Crippen LogP contribution >= 0.6 is 0 Å². The lowest BCUT2D eigenvalue weighted by atomic mass is 10.3. The maximum Gasteiger partial charge on any atom is 0.294 e. The fraction of sp³-hybridized carbons (Fsp3) is 0.250. The molecular formula is C8H8N6O. The van der Waals surface area contributed by atoms with Gasteiger partial charge in [-0.3, -0.25) is 9.89 Å². The molecule has 0 radical (unpaired) electrons. The third-order valence-electron chi connectivity index (χ3n) is 2.10. The van der Waals surface area contributed by atoms with E-state index in [1.165, 1.54) is 0 Å². The number of rotatable bonds is 1. The standard InChI is InChI=1S/C8H8N6O/c1-2-5-8(15)14-7(12-11-5)4(3-9)6(10)13-14/h13H,2,10H2,1H3. The minimum atomic E-state index is -0.323. The zero-order chi connectivity index (χ0) is 11.0. The number of nitrogens with zero attached hydrogens (tertiary/aromatic N) is 4. The maximum atomic E-state index is 11.7. The van der Waals surface area contributed by atoms with Crippen LogP contribution in [0, 0.1) is 11.3 Å². The molecule has 0 atom stereocenters. The molecule has 2 heterocycles. The Morgan fingerprint density at radius 1 is 1.60 bits per heavy atom. The average molecular weight is 204 g/mol. The highest BCUT2D eigenvalue weighted by Gasteiger charge is 2.13. The van der Waals surface area contributed by atoms with Crippen LogP contribution in [0.4, 0.5) is 5.82 Å². The minimum absolute atomic E-state index is 0.122. The number of aryl methyl sites for hydroxylation is 1. The summed E-state index contributed by atoms with van der Waals surface area (Å²) < 4.78 is 1.14. The molecule has 0 fully saturated rings. The topological polar surface area (TPSA) is 113 Å². The number of nitrogens with one attached hydrogen (secondary N) is 1. The van der Waals surface area contributed by atoms with Crippen molar-refractivity contribution in [2.24, 2.45) is 0 Å². The lowest BCUT2D eigenvalue weighted by molar-refractivity contribution is 0.801. The van der Waals surface area contributed by atoms with Crippen molar-refractivity contribution in [1.82, 2.24) is 19.8 Å². The molecule has 0 spiro atoms. The Kier molecular flexibility index (Phi) is 1.90. The molecule has 0 aromatic carbocycles. The predicted molar refractivity (Wildman–Crippen MR) is 52.1 cm³/mol. The van der Waals surface area contributed by atoms with E-state index in [0.717, 1.165) is 4.52 Å². The van der Waals surface area contributed by atoms with Crippen molar-refractivity contribution in [3.63, 3.8) is 0 Å². The number of aromatic amines is 1. The third kappa shape index (κ3) is 1.15. The van der Waals surface area contributed by atoms with E-state index in [9.17, 15) is 4.79 Å². The van der Waals surface area contributed by atoms with Gasteiger partial charge in [0.25, 0.3) is 5.56 Å². The van der Waals surface area contributed by atoms with Gasteiger partial charge in [0.1, 0.15) is 23.1 Å². The highest BCUT2D eigenvalue weighted by atomic mass is 16.1. The number of fused-ring (bicyclic) bond motifs is 1. The molecule has 2 rings (SSSR count). The number of hydrogen-bond acceptors (Lipinski definition) is 5. The zero-order valence-corrected chi connectivity index (χ0v) is 7.98. The van der Waals surface area contributed by atoms with Crippen LogP contribution in [0.3, 0.4) is 0 Å². The van der Waals surface area contributed by atoms with Gasteiger partial charge in [-0.2, -0.15) is 9.78 Å². The van der Waals surface area contributed by atoms with Crippen LogP contribution in [0.5, 0.6) is 0 Å². The summed E-state index contributed by atoms with van der Waals surface area (Å²) in [5.41, 5.74) is 5.83. The minimum Gasteiger partial charge on any atom is -0.383 e. The SMILES string of the molecule is CCc1nnc2c(C#N)c(N)[nH]n2c1=O. The molecule has 76 valence electrons. The normalized spacial score (nSPS) is 10.4. The Morgan fingerprint density at radius 3 is 2.93 bits per heavy atom. The molecule has 0 saturated heterocycles. The molecule has 0 aliphatic carbocycles. The van der Waals surface area contributed by atoms with Crippen molar-refractivity contribution < 1.29 is 0 Å². The fourth-order valence-corrected chi connectivity index (χ4v) is 1.31. The Hall–Kier alpha value is -2.36. The third-order valence-corrected chi connectivity index (χ3v) is 2.10. The van der Waals surface area contributed by atoms with Crippen LogP contribution in [0.1, 0.15) is 18.2 Å². The second-order valence-electron chi connectivity index (χ2n) is 2.98. The monoisotopic (exact) mass is 204 g/mol. The molecule has 0 amide bonds. The molecule has 7 heteroatoms. The van der Waals surface area contributed by atoms with Gasteiger partial charge in [0.05, 0.1) is 0 Å². The van der Waals surface area contributed by atoms with Crippen LogP contribution in [0.25, 0.3) is 5.65 Å². The summed E-state index contributed by atoms with van der Waals surface area (Å²) in [6.45, 7) is 1.80. The molecule has 2 aromatic rings. The molecule has 2 aromatic heterocycles. The summed E-state index contributed by atoms with van der Waals surface area (Å²) in [5, 5.41) is 18.9. The average Bonchev–Trinajstić information content (AvgIpc) is 2.56. The Morgan fingerprint density at radius 2 is 2.33 bits per heavy atom. The van der Waals surface area contributed by atoms with Crippen LogP contribution in [-0.2, 0) is 6.42 Å². The zero-order valence-electron chi connectivity index (χ0n) is 7.98. The van der Waals surface area contributed by atoms with E-state index < -0.39 is 0 Å². The van der Waals surface area contributed by atoms with Gasteiger partial charge >= 0.3 is 0 Å². The first-order valence-electron chi connectivity index (χ1n) is 4.35. The molecule has 0 aliphatic heterocycles. The molecule has 0 bridgehead atoms. The number of aromatic nitrogens is 4. The fourth-order valence-electron chi connectivity index (χ4n) is 1.31. The van der Waals surface area contributed by atoms with Gasteiger partial charge in [-0.05, 0) is 6.42 Å². The largest absolute Gasteiger partial charge is 0.383 e. The summed E-state index contributed by atoms with van der Waals surface area (Å²) in [6.07, 6.45) is 0.482. The summed E-state index contributed by atoms with van der Waals surface area (Å²) in [6, 6.07) is 1.86. The number of nitrogens with two attached hydrogens (primary N) is 1. The van der Waals surface area contributed by atoms with E-state index in [1.54, 1.807) is 6.92 Å². The highest BCUT2D eigenvalue weighted by molar-refractivity contribution is 5.65. The van der Waals surface area contributed by atoms with E-state index in [1.807, 2.05) is 6.07 Å². The van der Waals surface area contributed by atoms with Crippen LogP contribution in [-0.4, -0.2) is 19.8 Å². The van der Waals surface area contributed by atoms with E-state index in [-0.39, 0.29) is 22.6 Å². The number of anilines is 1. The van der Waals surface area contributed by atoms with Crippen molar-refractivity contribution >= 4 is 11.5 Å². The first-order valence-corrected chi connectivity index (χ1v) is 4.35. The second-order valence-corrected chi connectivity index (χ2v) is 2.98. The summed E-state index contributed by atoms with van der Waals surface area (Å²) >= 11 is 0. The van der Waals surface area contributed by atoms with Crippen LogP contribution in [0.2, 0.25) is 0 Å². The first kappa shape index (κ1) is 9.21. The summed E-state index contributed by atoms with van der Waals surface area (Å²) in [5.74, 6) is 0.122. The Bertz CT molecular complexity index is 616. The smallest absolute Gasteiger partial charge is 0.294 e. The van der Waals surface area contributed by atoms with Gasteiger partial charge in [0.2, 0.25) is 0 Å². The maximum absolute atomic E-state index is 11.7. The number of nitrogen functional groups attached to an aromatic ring is 1. The lowest BCUT2D eigenvalue weighted by Gasteiger charge is -1.94. The van der Waals surface area contributed by atoms with Crippen LogP contribution in [0.15, 0.2) is 4.79 Å². The van der Waals surface area contributed by atoms with E-state index in [2.05, 4.69) is 15.3 Å². The number of hydrogen-bond donors (Lipinski definition) is 2. The molecule has 3 N–H and O–H groups in total. The van der Waals surface area contributed by atoms with Crippen molar-refractivity contribution in [1.29, 1.82) is 5.26 Å². The number of nitriles is 1. The van der Waals surface area contributed by atoms with E-state index in [4.69, 9.17) is 11.0 Å². The van der Waals surface area contributed by atoms with Gasteiger partial charge in [-0.25, -0.2) is 0 Å². The van der Waals surface area contributed by atoms with Crippen molar-refractivity contribution in [3.05, 3.63) is 21.6 Å². The molecule has 0 aliphatic rings. The molecule has 0 saturated carbocycles. The van der Waals surface area contributed by atoms with Crippen molar-refractivity contribution in [2.75, 3.05) is 5.73 Å². The van der Waals surface area contributed by atoms with Gasteiger partial charge in [0, 0.05) is 0 Å². The van der Waals surface area contributed by atoms with E-state index in [0.29, 0.717) is 12.1 Å². The van der Waals surface area contributed by atoms with Gasteiger partial charge in [-0.15, -0.1) is 10.2 Å². The first-order chi connectivity index (χ1) is 7.19. The Labute approximate surface area is 84.1 Å². The second kappa shape index (κ2) is 3.09. The predicted octanol–water partition coefficient (Wildman–Crippen LogP) is -0.566. The molecule has 0 unspecified atom stereocenters. The number of H-pyrrole nitrogens is 1. The van der Waals surface area contributed by atoms with Gasteiger partial charge < -0.3 is 5.73 Å². The quantitative estimate of drug-likeness (QED) is 0.646. The van der Waals surface area contributed by atoms with Gasteiger partial charge in [0.15, 0.2) is 5.65 Å². The molecular weight excluding hydrogens is 196 g/mol.